The highest BCUT2D eigenvalue weighted by Gasteiger charge is 2.24. The molecule has 2 rings (SSSR count). The van der Waals surface area contributed by atoms with Crippen molar-refractivity contribution in [3.63, 3.8) is 0 Å². The van der Waals surface area contributed by atoms with Gasteiger partial charge in [0.2, 0.25) is 0 Å². The maximum atomic E-state index is 12.0. The Balaban J connectivity index is 1.85. The summed E-state index contributed by atoms with van der Waals surface area (Å²) in [6, 6.07) is 9.09. The van der Waals surface area contributed by atoms with Gasteiger partial charge in [0, 0.05) is 13.5 Å². The molecule has 0 unspecified atom stereocenters. The zero-order valence-electron chi connectivity index (χ0n) is 12.8. The molecule has 1 fully saturated rings. The van der Waals surface area contributed by atoms with Gasteiger partial charge in [0.1, 0.15) is 17.9 Å². The van der Waals surface area contributed by atoms with Crippen LogP contribution in [0.1, 0.15) is 31.2 Å². The minimum absolute atomic E-state index is 0.00558. The van der Waals surface area contributed by atoms with Crippen LogP contribution < -0.4 is 4.74 Å². The first-order valence-corrected chi connectivity index (χ1v) is 7.52. The summed E-state index contributed by atoms with van der Waals surface area (Å²) in [7, 11) is 1.70. The monoisotopic (exact) mass is 303 g/mol. The van der Waals surface area contributed by atoms with Crippen LogP contribution in [0.4, 0.5) is 0 Å². The number of nitrogens with zero attached hydrogens (tertiary/aromatic N) is 1. The molecule has 1 aromatic rings. The first kappa shape index (κ1) is 16.3. The van der Waals surface area contributed by atoms with Gasteiger partial charge in [-0.05, 0) is 37.0 Å². The van der Waals surface area contributed by atoms with E-state index in [9.17, 15) is 4.79 Å². The molecule has 0 aliphatic heterocycles. The van der Waals surface area contributed by atoms with Crippen molar-refractivity contribution in [3.8, 4) is 11.8 Å². The van der Waals surface area contributed by atoms with E-state index in [0.717, 1.165) is 31.2 Å². The first-order chi connectivity index (χ1) is 10.7. The number of nitriles is 1. The van der Waals surface area contributed by atoms with Gasteiger partial charge in [-0.1, -0.05) is 12.1 Å². The predicted molar refractivity (Wildman–Crippen MR) is 80.4 cm³/mol. The Morgan fingerprint density at radius 1 is 1.36 bits per heavy atom. The smallest absolute Gasteiger partial charge is 0.310 e. The largest absolute Gasteiger partial charge is 0.479 e. The lowest BCUT2D eigenvalue weighted by molar-refractivity contribution is -0.151. The molecule has 2 atom stereocenters. The van der Waals surface area contributed by atoms with Gasteiger partial charge in [-0.3, -0.25) is 4.79 Å². The molecular formula is C17H21NO4. The molecule has 1 saturated carbocycles. The summed E-state index contributed by atoms with van der Waals surface area (Å²) in [6.45, 7) is -0.00558. The van der Waals surface area contributed by atoms with E-state index in [2.05, 4.69) is 0 Å². The summed E-state index contributed by atoms with van der Waals surface area (Å²) in [5, 5.41) is 8.51. The zero-order valence-corrected chi connectivity index (χ0v) is 12.8. The summed E-state index contributed by atoms with van der Waals surface area (Å²) in [4.78, 5) is 12.0. The highest BCUT2D eigenvalue weighted by molar-refractivity contribution is 5.72. The van der Waals surface area contributed by atoms with Crippen molar-refractivity contribution >= 4 is 5.97 Å². The van der Waals surface area contributed by atoms with Gasteiger partial charge in [0.25, 0.3) is 0 Å². The quantitative estimate of drug-likeness (QED) is 0.756. The van der Waals surface area contributed by atoms with E-state index in [1.165, 1.54) is 0 Å². The van der Waals surface area contributed by atoms with Crippen LogP contribution in [-0.4, -0.2) is 31.9 Å². The molecule has 1 aromatic carbocycles. The zero-order chi connectivity index (χ0) is 15.8. The number of methoxy groups -OCH3 is 1. The highest BCUT2D eigenvalue weighted by Crippen LogP contribution is 2.23. The molecule has 0 spiro atoms. The molecule has 0 heterocycles. The summed E-state index contributed by atoms with van der Waals surface area (Å²) < 4.78 is 16.1. The molecule has 1 aliphatic rings. The van der Waals surface area contributed by atoms with Crippen LogP contribution in [0, 0.1) is 11.3 Å². The van der Waals surface area contributed by atoms with Gasteiger partial charge in [-0.25, -0.2) is 0 Å². The van der Waals surface area contributed by atoms with Crippen molar-refractivity contribution in [2.24, 2.45) is 0 Å². The average Bonchev–Trinajstić information content (AvgIpc) is 2.53. The number of carbonyl (C=O) groups excluding carboxylic acids is 1. The second-order valence-electron chi connectivity index (χ2n) is 5.41. The minimum atomic E-state index is -0.237. The fraction of sp³-hybridized carbons (Fsp3) is 0.529. The second-order valence-corrected chi connectivity index (χ2v) is 5.41. The maximum Gasteiger partial charge on any atom is 0.310 e. The number of hydrogen-bond donors (Lipinski definition) is 0. The Labute approximate surface area is 130 Å². The van der Waals surface area contributed by atoms with E-state index in [4.69, 9.17) is 19.5 Å². The second kappa shape index (κ2) is 8.40. The van der Waals surface area contributed by atoms with E-state index in [-0.39, 0.29) is 31.2 Å². The minimum Gasteiger partial charge on any atom is -0.479 e. The number of esters is 1. The van der Waals surface area contributed by atoms with Crippen LogP contribution >= 0.6 is 0 Å². The third-order valence-electron chi connectivity index (χ3n) is 3.76. The van der Waals surface area contributed by atoms with Crippen LogP contribution in [0.25, 0.3) is 0 Å². The number of carbonyl (C=O) groups is 1. The number of hydrogen-bond acceptors (Lipinski definition) is 5. The van der Waals surface area contributed by atoms with E-state index < -0.39 is 0 Å². The number of ether oxygens (including phenoxy) is 3. The van der Waals surface area contributed by atoms with Crippen molar-refractivity contribution in [1.29, 1.82) is 5.26 Å². The van der Waals surface area contributed by atoms with Crippen molar-refractivity contribution in [2.75, 3.05) is 13.7 Å². The third kappa shape index (κ3) is 5.05. The molecular weight excluding hydrogens is 282 g/mol. The lowest BCUT2D eigenvalue weighted by Crippen LogP contribution is -2.29. The highest BCUT2D eigenvalue weighted by atomic mass is 16.5. The molecule has 5 heteroatoms. The Kier molecular flexibility index (Phi) is 6.23. The molecule has 0 N–H and O–H groups in total. The standard InChI is InChI=1S/C17H21NO4/c1-20-14-5-3-7-16(12-14)22-17(19)11-13-4-2-6-15(10-13)21-9-8-18/h2,4,6,10,14,16H,3,5,7,9,11-12H2,1H3/t14-,16+/m1/s1. The fourth-order valence-electron chi connectivity index (χ4n) is 2.68. The first-order valence-electron chi connectivity index (χ1n) is 7.52. The van der Waals surface area contributed by atoms with Gasteiger partial charge in [-0.15, -0.1) is 0 Å². The van der Waals surface area contributed by atoms with Gasteiger partial charge >= 0.3 is 5.97 Å². The Bertz CT molecular complexity index is 538. The normalized spacial score (nSPS) is 20.9. The van der Waals surface area contributed by atoms with Gasteiger partial charge in [0.05, 0.1) is 12.5 Å². The average molecular weight is 303 g/mol. The van der Waals surface area contributed by atoms with E-state index in [1.54, 1.807) is 25.3 Å². The van der Waals surface area contributed by atoms with Crippen LogP contribution in [-0.2, 0) is 20.7 Å². The van der Waals surface area contributed by atoms with E-state index in [1.807, 2.05) is 12.1 Å². The topological polar surface area (TPSA) is 68.6 Å². The van der Waals surface area contributed by atoms with Crippen molar-refractivity contribution in [2.45, 2.75) is 44.3 Å². The number of benzene rings is 1. The van der Waals surface area contributed by atoms with Crippen molar-refractivity contribution in [3.05, 3.63) is 29.8 Å². The van der Waals surface area contributed by atoms with Crippen LogP contribution in [0.2, 0.25) is 0 Å². The van der Waals surface area contributed by atoms with Crippen LogP contribution in [0.5, 0.6) is 5.75 Å². The molecule has 0 bridgehead atoms. The predicted octanol–water partition coefficient (Wildman–Crippen LogP) is 2.63. The summed E-state index contributed by atoms with van der Waals surface area (Å²) in [6.07, 6.45) is 4.07. The van der Waals surface area contributed by atoms with Crippen LogP contribution in [0.3, 0.4) is 0 Å². The molecule has 5 nitrogen and oxygen atoms in total. The van der Waals surface area contributed by atoms with E-state index >= 15 is 0 Å². The summed E-state index contributed by atoms with van der Waals surface area (Å²) in [5.74, 6) is 0.350. The molecule has 1 aliphatic carbocycles. The lowest BCUT2D eigenvalue weighted by Gasteiger charge is -2.27. The van der Waals surface area contributed by atoms with E-state index in [0.29, 0.717) is 5.75 Å². The summed E-state index contributed by atoms with van der Waals surface area (Å²) >= 11 is 0. The Hall–Kier alpha value is -2.06. The fourth-order valence-corrected chi connectivity index (χ4v) is 2.68. The van der Waals surface area contributed by atoms with Crippen LogP contribution in [0.15, 0.2) is 24.3 Å². The Morgan fingerprint density at radius 3 is 2.95 bits per heavy atom. The van der Waals surface area contributed by atoms with Gasteiger partial charge in [0.15, 0.2) is 6.61 Å². The third-order valence-corrected chi connectivity index (χ3v) is 3.76. The van der Waals surface area contributed by atoms with Crippen molar-refractivity contribution < 1.29 is 19.0 Å². The molecule has 0 radical (unpaired) electrons. The SMILES string of the molecule is CO[C@@H]1CCC[C@H](OC(=O)Cc2cccc(OCC#N)c2)C1. The lowest BCUT2D eigenvalue weighted by atomic mass is 9.95. The summed E-state index contributed by atoms with van der Waals surface area (Å²) in [5.41, 5.74) is 0.819. The van der Waals surface area contributed by atoms with Crippen molar-refractivity contribution in [1.82, 2.24) is 0 Å². The maximum absolute atomic E-state index is 12.0. The van der Waals surface area contributed by atoms with Gasteiger partial charge < -0.3 is 14.2 Å². The molecule has 118 valence electrons. The Morgan fingerprint density at radius 2 is 2.18 bits per heavy atom. The molecule has 0 aromatic heterocycles. The number of rotatable bonds is 6. The molecule has 0 amide bonds. The van der Waals surface area contributed by atoms with Gasteiger partial charge in [-0.2, -0.15) is 5.26 Å². The molecule has 0 saturated heterocycles. The molecule has 22 heavy (non-hydrogen) atoms.